The highest BCUT2D eigenvalue weighted by molar-refractivity contribution is 5.69. The third-order valence-electron chi connectivity index (χ3n) is 2.34. The van der Waals surface area contributed by atoms with Gasteiger partial charge in [0.15, 0.2) is 0 Å². The van der Waals surface area contributed by atoms with E-state index >= 15 is 0 Å². The molecule has 0 radical (unpaired) electrons. The highest BCUT2D eigenvalue weighted by Gasteiger charge is 2.18. The zero-order valence-corrected chi connectivity index (χ0v) is 22.4. The van der Waals surface area contributed by atoms with E-state index in [-0.39, 0.29) is 34.8 Å². The maximum atomic E-state index is 10.3. The van der Waals surface area contributed by atoms with Gasteiger partial charge in [-0.3, -0.25) is 10.1 Å². The SMILES string of the molecule is C.C.C.CC.CC.CC.CC.CC(C)(C)C.CC(COO)C(C)C(=O)O.Oc1ccccc1. The third-order valence-corrected chi connectivity index (χ3v) is 2.34. The lowest BCUT2D eigenvalue weighted by Gasteiger charge is -2.12. The molecule has 0 saturated heterocycles. The number of rotatable bonds is 4. The van der Waals surface area contributed by atoms with Gasteiger partial charge in [-0.25, -0.2) is 4.89 Å². The van der Waals surface area contributed by atoms with Gasteiger partial charge in [0.05, 0.1) is 12.5 Å². The molecule has 0 aliphatic rings. The van der Waals surface area contributed by atoms with E-state index in [0.29, 0.717) is 11.2 Å². The van der Waals surface area contributed by atoms with Gasteiger partial charge in [0.25, 0.3) is 0 Å². The summed E-state index contributed by atoms with van der Waals surface area (Å²) >= 11 is 0. The molecule has 1 rings (SSSR count). The second kappa shape index (κ2) is 48.0. The minimum Gasteiger partial charge on any atom is -0.508 e. The van der Waals surface area contributed by atoms with Gasteiger partial charge >= 0.3 is 5.97 Å². The summed E-state index contributed by atoms with van der Waals surface area (Å²) in [5, 5.41) is 25.0. The van der Waals surface area contributed by atoms with Gasteiger partial charge in [-0.15, -0.1) is 0 Å². The number of carboxylic acid groups (broad SMARTS) is 1. The highest BCUT2D eigenvalue weighted by Crippen LogP contribution is 2.10. The van der Waals surface area contributed by atoms with Crippen molar-refractivity contribution in [2.75, 3.05) is 6.61 Å². The van der Waals surface area contributed by atoms with Gasteiger partial charge in [0.1, 0.15) is 5.75 Å². The Kier molecular flexibility index (Phi) is 84.1. The quantitative estimate of drug-likeness (QED) is 0.293. The molecular weight excluding hydrogens is 416 g/mol. The van der Waals surface area contributed by atoms with Gasteiger partial charge in [0.2, 0.25) is 0 Å². The van der Waals surface area contributed by atoms with E-state index in [2.05, 4.69) is 32.6 Å². The second-order valence-corrected chi connectivity index (χ2v) is 6.74. The molecule has 5 nitrogen and oxygen atoms in total. The first kappa shape index (κ1) is 57.8. The van der Waals surface area contributed by atoms with E-state index in [1.807, 2.05) is 61.5 Å². The van der Waals surface area contributed by atoms with Crippen LogP contribution < -0.4 is 0 Å². The van der Waals surface area contributed by atoms with Crippen LogP contribution in [0.3, 0.4) is 0 Å². The van der Waals surface area contributed by atoms with E-state index < -0.39 is 11.9 Å². The molecule has 0 bridgehead atoms. The molecule has 0 aromatic heterocycles. The summed E-state index contributed by atoms with van der Waals surface area (Å²) in [6.07, 6.45) is 0. The summed E-state index contributed by atoms with van der Waals surface area (Å²) in [5.41, 5.74) is 0.500. The van der Waals surface area contributed by atoms with Crippen LogP contribution >= 0.6 is 0 Å². The van der Waals surface area contributed by atoms with E-state index in [1.165, 1.54) is 0 Å². The number of carbonyl (C=O) groups is 1. The monoisotopic (exact) mass is 482 g/mol. The third kappa shape index (κ3) is 81.0. The molecule has 208 valence electrons. The molecule has 0 amide bonds. The number of para-hydroxylation sites is 1. The van der Waals surface area contributed by atoms with Gasteiger partial charge in [-0.1, -0.05) is 137 Å². The predicted molar refractivity (Wildman–Crippen MR) is 153 cm³/mol. The molecule has 1 aromatic carbocycles. The number of carboxylic acids is 1. The first-order chi connectivity index (χ1) is 14.0. The van der Waals surface area contributed by atoms with Crippen molar-refractivity contribution in [3.05, 3.63) is 30.3 Å². The van der Waals surface area contributed by atoms with Gasteiger partial charge in [-0.05, 0) is 23.5 Å². The van der Waals surface area contributed by atoms with E-state index in [9.17, 15) is 4.79 Å². The zero-order chi connectivity index (χ0) is 25.8. The molecule has 2 atom stereocenters. The molecule has 0 heterocycles. The zero-order valence-electron chi connectivity index (χ0n) is 22.4. The lowest BCUT2D eigenvalue weighted by molar-refractivity contribution is -0.252. The molecule has 1 aromatic rings. The Bertz CT molecular complexity index is 381. The fraction of sp³-hybridized carbons (Fsp3) is 0.750. The summed E-state index contributed by atoms with van der Waals surface area (Å²) in [7, 11) is 0. The number of phenolic OH excluding ortho intramolecular Hbond substituents is 1. The lowest BCUT2D eigenvalue weighted by Crippen LogP contribution is -2.21. The number of benzene rings is 1. The Morgan fingerprint density at radius 1 is 0.818 bits per heavy atom. The first-order valence-corrected chi connectivity index (χ1v) is 11.2. The van der Waals surface area contributed by atoms with Gasteiger partial charge in [0, 0.05) is 0 Å². The summed E-state index contributed by atoms with van der Waals surface area (Å²) in [6.45, 7) is 28.1. The molecule has 33 heavy (non-hydrogen) atoms. The number of phenols is 1. The molecule has 5 heteroatoms. The number of hydrogen-bond acceptors (Lipinski definition) is 4. The predicted octanol–water partition coefficient (Wildman–Crippen LogP) is 10.3. The molecule has 3 N–H and O–H groups in total. The van der Waals surface area contributed by atoms with Crippen molar-refractivity contribution in [2.24, 2.45) is 17.3 Å². The van der Waals surface area contributed by atoms with Crippen molar-refractivity contribution in [1.29, 1.82) is 0 Å². The Morgan fingerprint density at radius 3 is 1.24 bits per heavy atom. The first-order valence-electron chi connectivity index (χ1n) is 11.2. The molecule has 0 aliphatic carbocycles. The Labute approximate surface area is 210 Å². The van der Waals surface area contributed by atoms with Crippen LogP contribution in [0, 0.1) is 17.3 Å². The van der Waals surface area contributed by atoms with Crippen LogP contribution in [0.25, 0.3) is 0 Å². The molecule has 0 aliphatic heterocycles. The smallest absolute Gasteiger partial charge is 0.306 e. The fourth-order valence-electron chi connectivity index (χ4n) is 0.933. The summed E-state index contributed by atoms with van der Waals surface area (Å²) in [6, 6.07) is 8.71. The fourth-order valence-corrected chi connectivity index (χ4v) is 0.933. The number of aromatic hydroxyl groups is 1. The van der Waals surface area contributed by atoms with Gasteiger partial charge < -0.3 is 10.2 Å². The number of aliphatic carboxylic acids is 1. The van der Waals surface area contributed by atoms with Crippen molar-refractivity contribution in [3.63, 3.8) is 0 Å². The van der Waals surface area contributed by atoms with E-state index in [1.54, 1.807) is 38.1 Å². The molecule has 0 fully saturated rings. The minimum absolute atomic E-state index is 0. The Balaban J connectivity index is -0.0000000320. The van der Waals surface area contributed by atoms with Crippen molar-refractivity contribution in [3.8, 4) is 5.75 Å². The van der Waals surface area contributed by atoms with Crippen LogP contribution in [0.1, 0.15) is 119 Å². The standard InChI is InChI=1S/C6H12O4.C6H6O.C5H12.4C2H6.3CH4/c1-4(3-10-9)5(2)6(7)8;7-6-4-2-1-3-5-6;1-5(2,3)4;4*1-2;;;/h4-5,9H,3H2,1-2H3,(H,7,8);1-5,7H;1-4H3;4*1-2H3;3*1H4. The molecule has 0 spiro atoms. The van der Waals surface area contributed by atoms with Gasteiger partial charge in [-0.2, -0.15) is 0 Å². The lowest BCUT2D eigenvalue weighted by atomic mass is 9.97. The van der Waals surface area contributed by atoms with Crippen molar-refractivity contribution >= 4 is 5.97 Å². The highest BCUT2D eigenvalue weighted by atomic mass is 17.1. The Morgan fingerprint density at radius 2 is 1.09 bits per heavy atom. The van der Waals surface area contributed by atoms with Crippen LogP contribution in [-0.4, -0.2) is 28.0 Å². The van der Waals surface area contributed by atoms with Crippen LogP contribution in [0.15, 0.2) is 30.3 Å². The second-order valence-electron chi connectivity index (χ2n) is 6.74. The maximum absolute atomic E-state index is 10.3. The van der Waals surface area contributed by atoms with Crippen LogP contribution in [0.5, 0.6) is 5.75 Å². The summed E-state index contributed by atoms with van der Waals surface area (Å²) in [4.78, 5) is 14.1. The van der Waals surface area contributed by atoms with Crippen LogP contribution in [0.2, 0.25) is 0 Å². The number of hydrogen-bond donors (Lipinski definition) is 3. The molecule has 2 unspecified atom stereocenters. The van der Waals surface area contributed by atoms with Crippen molar-refractivity contribution in [1.82, 2.24) is 0 Å². The minimum atomic E-state index is -0.871. The van der Waals surface area contributed by atoms with E-state index in [4.69, 9.17) is 15.5 Å². The summed E-state index contributed by atoms with van der Waals surface area (Å²) in [5.74, 6) is -1.19. The average molecular weight is 483 g/mol. The van der Waals surface area contributed by atoms with Crippen LogP contribution in [0.4, 0.5) is 0 Å². The van der Waals surface area contributed by atoms with E-state index in [0.717, 1.165) is 0 Å². The Hall–Kier alpha value is -1.59. The average Bonchev–Trinajstić information content (AvgIpc) is 2.73. The molecular formula is C28H66O5. The van der Waals surface area contributed by atoms with Crippen LogP contribution in [-0.2, 0) is 9.68 Å². The molecule has 0 saturated carbocycles. The van der Waals surface area contributed by atoms with Crippen molar-refractivity contribution in [2.45, 2.75) is 119 Å². The largest absolute Gasteiger partial charge is 0.508 e. The maximum Gasteiger partial charge on any atom is 0.306 e. The summed E-state index contributed by atoms with van der Waals surface area (Å²) < 4.78 is 0. The topological polar surface area (TPSA) is 87.0 Å². The normalized spacial score (nSPS) is 9.30. The van der Waals surface area contributed by atoms with Crippen molar-refractivity contribution < 1.29 is 25.2 Å².